The molecule has 0 unspecified atom stereocenters. The number of amides is 2. The summed E-state index contributed by atoms with van der Waals surface area (Å²) in [5, 5.41) is 2.97. The molecular weight excluding hydrogens is 398 g/mol. The molecule has 2 amide bonds. The van der Waals surface area contributed by atoms with Gasteiger partial charge in [0, 0.05) is 30.7 Å². The van der Waals surface area contributed by atoms with Crippen molar-refractivity contribution in [3.8, 4) is 0 Å². The van der Waals surface area contributed by atoms with E-state index in [2.05, 4.69) is 26.1 Å². The molecule has 1 aromatic heterocycles. The highest BCUT2D eigenvalue weighted by Crippen LogP contribution is 2.24. The second kappa shape index (κ2) is 8.05. The summed E-state index contributed by atoms with van der Waals surface area (Å²) in [7, 11) is 0. The number of piperazine rings is 1. The first-order valence-corrected chi connectivity index (χ1v) is 9.39. The standard InChI is InChI=1S/C19H22BrN3O3/c1-13-5-6-16(15(20)12-13)21-18(24)14(2)22-7-9-23(10-8-22)19(25)17-4-3-11-26-17/h3-6,11-12,14H,7-10H2,1-2H3,(H,21,24)/t14-/m1/s1. The monoisotopic (exact) mass is 419 g/mol. The van der Waals surface area contributed by atoms with Gasteiger partial charge in [-0.3, -0.25) is 14.5 Å². The molecule has 6 nitrogen and oxygen atoms in total. The van der Waals surface area contributed by atoms with Crippen LogP contribution in [-0.2, 0) is 4.79 Å². The Kier molecular flexibility index (Phi) is 5.78. The molecule has 1 aliphatic heterocycles. The molecule has 1 aliphatic rings. The van der Waals surface area contributed by atoms with Gasteiger partial charge in [0.1, 0.15) is 0 Å². The van der Waals surface area contributed by atoms with E-state index in [1.165, 1.54) is 6.26 Å². The van der Waals surface area contributed by atoms with Gasteiger partial charge in [0.2, 0.25) is 5.91 Å². The SMILES string of the molecule is Cc1ccc(NC(=O)[C@@H](C)N2CCN(C(=O)c3ccco3)CC2)c(Br)c1. The summed E-state index contributed by atoms with van der Waals surface area (Å²) in [6.07, 6.45) is 1.50. The van der Waals surface area contributed by atoms with E-state index in [0.717, 1.165) is 15.7 Å². The van der Waals surface area contributed by atoms with E-state index in [1.54, 1.807) is 17.0 Å². The fourth-order valence-corrected chi connectivity index (χ4v) is 3.59. The fraction of sp³-hybridized carbons (Fsp3) is 0.368. The number of benzene rings is 1. The van der Waals surface area contributed by atoms with E-state index < -0.39 is 0 Å². The van der Waals surface area contributed by atoms with Crippen molar-refractivity contribution in [1.29, 1.82) is 0 Å². The number of rotatable bonds is 4. The highest BCUT2D eigenvalue weighted by molar-refractivity contribution is 9.10. The lowest BCUT2D eigenvalue weighted by atomic mass is 10.2. The van der Waals surface area contributed by atoms with Crippen molar-refractivity contribution < 1.29 is 14.0 Å². The number of hydrogen-bond acceptors (Lipinski definition) is 4. The van der Waals surface area contributed by atoms with E-state index in [9.17, 15) is 9.59 Å². The molecule has 26 heavy (non-hydrogen) atoms. The molecule has 7 heteroatoms. The Morgan fingerprint density at radius 1 is 1.19 bits per heavy atom. The third kappa shape index (κ3) is 4.16. The third-order valence-corrected chi connectivity index (χ3v) is 5.30. The zero-order valence-electron chi connectivity index (χ0n) is 14.9. The average Bonchev–Trinajstić information content (AvgIpc) is 3.17. The summed E-state index contributed by atoms with van der Waals surface area (Å²) >= 11 is 3.48. The smallest absolute Gasteiger partial charge is 0.289 e. The summed E-state index contributed by atoms with van der Waals surface area (Å²) in [6, 6.07) is 8.93. The maximum absolute atomic E-state index is 12.6. The number of nitrogens with one attached hydrogen (secondary N) is 1. The Morgan fingerprint density at radius 2 is 1.92 bits per heavy atom. The summed E-state index contributed by atoms with van der Waals surface area (Å²) in [5.74, 6) is 0.198. The number of anilines is 1. The molecule has 1 atom stereocenters. The molecule has 2 heterocycles. The Morgan fingerprint density at radius 3 is 2.54 bits per heavy atom. The molecule has 138 valence electrons. The molecule has 0 bridgehead atoms. The predicted molar refractivity (Wildman–Crippen MR) is 103 cm³/mol. The lowest BCUT2D eigenvalue weighted by Gasteiger charge is -2.37. The van der Waals surface area contributed by atoms with Crippen molar-refractivity contribution in [1.82, 2.24) is 9.80 Å². The van der Waals surface area contributed by atoms with E-state index in [4.69, 9.17) is 4.42 Å². The second-order valence-corrected chi connectivity index (χ2v) is 7.31. The van der Waals surface area contributed by atoms with Crippen LogP contribution in [-0.4, -0.2) is 53.8 Å². The molecule has 0 saturated carbocycles. The Balaban J connectivity index is 1.55. The lowest BCUT2D eigenvalue weighted by Crippen LogP contribution is -2.54. The third-order valence-electron chi connectivity index (χ3n) is 4.64. The molecule has 1 aromatic carbocycles. The van der Waals surface area contributed by atoms with Crippen LogP contribution in [0.3, 0.4) is 0 Å². The number of aryl methyl sites for hydroxylation is 1. The summed E-state index contributed by atoms with van der Waals surface area (Å²) in [5.41, 5.74) is 1.89. The Bertz CT molecular complexity index is 783. The van der Waals surface area contributed by atoms with Crippen LogP contribution in [0.5, 0.6) is 0 Å². The van der Waals surface area contributed by atoms with E-state index in [-0.39, 0.29) is 17.9 Å². The van der Waals surface area contributed by atoms with Gasteiger partial charge in [0.05, 0.1) is 18.0 Å². The minimum atomic E-state index is -0.274. The van der Waals surface area contributed by atoms with Crippen molar-refractivity contribution in [3.63, 3.8) is 0 Å². The van der Waals surface area contributed by atoms with Crippen LogP contribution in [0.2, 0.25) is 0 Å². The Hall–Kier alpha value is -2.12. The lowest BCUT2D eigenvalue weighted by molar-refractivity contribution is -0.121. The van der Waals surface area contributed by atoms with Gasteiger partial charge >= 0.3 is 0 Å². The molecule has 0 aliphatic carbocycles. The quantitative estimate of drug-likeness (QED) is 0.826. The van der Waals surface area contributed by atoms with Crippen molar-refractivity contribution in [2.45, 2.75) is 19.9 Å². The first-order valence-electron chi connectivity index (χ1n) is 8.59. The molecule has 3 rings (SSSR count). The van der Waals surface area contributed by atoms with E-state index >= 15 is 0 Å². The van der Waals surface area contributed by atoms with Crippen LogP contribution < -0.4 is 5.32 Å². The molecule has 2 aromatic rings. The fourth-order valence-electron chi connectivity index (χ4n) is 2.99. The molecule has 0 radical (unpaired) electrons. The van der Waals surface area contributed by atoms with Gasteiger partial charge in [0.25, 0.3) is 5.91 Å². The normalized spacial score (nSPS) is 16.3. The summed E-state index contributed by atoms with van der Waals surface area (Å²) < 4.78 is 6.04. The van der Waals surface area contributed by atoms with Gasteiger partial charge in [-0.1, -0.05) is 6.07 Å². The van der Waals surface area contributed by atoms with E-state index in [0.29, 0.717) is 31.9 Å². The maximum Gasteiger partial charge on any atom is 0.289 e. The largest absolute Gasteiger partial charge is 0.459 e. The maximum atomic E-state index is 12.6. The predicted octanol–water partition coefficient (Wildman–Crippen LogP) is 3.14. The topological polar surface area (TPSA) is 65.8 Å². The summed E-state index contributed by atoms with van der Waals surface area (Å²) in [6.45, 7) is 6.34. The van der Waals surface area contributed by atoms with Crippen molar-refractivity contribution in [3.05, 3.63) is 52.4 Å². The highest BCUT2D eigenvalue weighted by Gasteiger charge is 2.28. The molecular formula is C19H22BrN3O3. The number of carbonyl (C=O) groups is 2. The number of carbonyl (C=O) groups excluding carboxylic acids is 2. The average molecular weight is 420 g/mol. The van der Waals surface area contributed by atoms with Crippen molar-refractivity contribution in [2.24, 2.45) is 0 Å². The van der Waals surface area contributed by atoms with Gasteiger partial charge in [-0.2, -0.15) is 0 Å². The highest BCUT2D eigenvalue weighted by atomic mass is 79.9. The van der Waals surface area contributed by atoms with Crippen LogP contribution in [0.25, 0.3) is 0 Å². The summed E-state index contributed by atoms with van der Waals surface area (Å²) in [4.78, 5) is 28.7. The van der Waals surface area contributed by atoms with Gasteiger partial charge < -0.3 is 14.6 Å². The van der Waals surface area contributed by atoms with Crippen LogP contribution in [0.4, 0.5) is 5.69 Å². The number of halogens is 1. The number of furan rings is 1. The van der Waals surface area contributed by atoms with Gasteiger partial charge in [-0.25, -0.2) is 0 Å². The zero-order chi connectivity index (χ0) is 18.7. The minimum Gasteiger partial charge on any atom is -0.459 e. The second-order valence-electron chi connectivity index (χ2n) is 6.45. The molecule has 1 fully saturated rings. The Labute approximate surface area is 161 Å². The first kappa shape index (κ1) is 18.7. The van der Waals surface area contributed by atoms with Crippen molar-refractivity contribution in [2.75, 3.05) is 31.5 Å². The molecule has 0 spiro atoms. The molecule has 1 saturated heterocycles. The van der Waals surface area contributed by atoms with Gasteiger partial charge in [-0.05, 0) is 59.6 Å². The van der Waals surface area contributed by atoms with E-state index in [1.807, 2.05) is 32.0 Å². The number of nitrogens with zero attached hydrogens (tertiary/aromatic N) is 2. The zero-order valence-corrected chi connectivity index (χ0v) is 16.5. The van der Waals surface area contributed by atoms with Crippen LogP contribution >= 0.6 is 15.9 Å². The van der Waals surface area contributed by atoms with Crippen LogP contribution in [0.15, 0.2) is 45.5 Å². The van der Waals surface area contributed by atoms with Gasteiger partial charge in [-0.15, -0.1) is 0 Å². The van der Waals surface area contributed by atoms with Crippen molar-refractivity contribution >= 4 is 33.4 Å². The van der Waals surface area contributed by atoms with Crippen LogP contribution in [0.1, 0.15) is 23.0 Å². The van der Waals surface area contributed by atoms with Crippen LogP contribution in [0, 0.1) is 6.92 Å². The minimum absolute atomic E-state index is 0.0552. The first-order chi connectivity index (χ1) is 12.5. The number of hydrogen-bond donors (Lipinski definition) is 1. The van der Waals surface area contributed by atoms with Gasteiger partial charge in [0.15, 0.2) is 5.76 Å². The molecule has 1 N–H and O–H groups in total.